The first-order chi connectivity index (χ1) is 18.3. The minimum absolute atomic E-state index is 0.0282. The van der Waals surface area contributed by atoms with E-state index < -0.39 is 0 Å². The second kappa shape index (κ2) is 11.5. The number of hydrogen-bond acceptors (Lipinski definition) is 4. The van der Waals surface area contributed by atoms with Crippen LogP contribution in [0.3, 0.4) is 0 Å². The molecule has 1 aromatic heterocycles. The molecule has 0 N–H and O–H groups in total. The van der Waals surface area contributed by atoms with Crippen LogP contribution in [0.1, 0.15) is 53.6 Å². The van der Waals surface area contributed by atoms with E-state index in [1.807, 2.05) is 42.2 Å². The largest absolute Gasteiger partial charge is 0.385 e. The molecule has 1 aliphatic carbocycles. The van der Waals surface area contributed by atoms with Crippen LogP contribution in [0.5, 0.6) is 0 Å². The molecule has 5 nitrogen and oxygen atoms in total. The first-order valence-corrected chi connectivity index (χ1v) is 13.6. The van der Waals surface area contributed by atoms with Gasteiger partial charge in [-0.2, -0.15) is 0 Å². The number of likely N-dealkylation sites (tertiary alicyclic amines) is 1. The van der Waals surface area contributed by atoms with E-state index in [0.29, 0.717) is 39.8 Å². The second-order valence-corrected chi connectivity index (χ2v) is 10.9. The van der Waals surface area contributed by atoms with Crippen molar-refractivity contribution in [2.75, 3.05) is 19.7 Å². The third kappa shape index (κ3) is 5.79. The van der Waals surface area contributed by atoms with E-state index in [4.69, 9.17) is 48.7 Å². The van der Waals surface area contributed by atoms with Gasteiger partial charge in [0.25, 0.3) is 5.91 Å². The number of oxime groups is 1. The molecule has 1 fully saturated rings. The van der Waals surface area contributed by atoms with Crippen LogP contribution >= 0.6 is 23.2 Å². The number of piperidine rings is 1. The van der Waals surface area contributed by atoms with Crippen molar-refractivity contribution in [3.63, 3.8) is 0 Å². The summed E-state index contributed by atoms with van der Waals surface area (Å²) in [5.74, 6) is 0.232. The fourth-order valence-electron chi connectivity index (χ4n) is 5.67. The summed E-state index contributed by atoms with van der Waals surface area (Å²) in [5, 5.41) is 5.42. The summed E-state index contributed by atoms with van der Waals surface area (Å²) >= 11 is 12.3. The van der Waals surface area contributed by atoms with Crippen molar-refractivity contribution in [2.45, 2.75) is 38.5 Å². The molecule has 0 spiro atoms. The average Bonchev–Trinajstić information content (AvgIpc) is 3.06. The first kappa shape index (κ1) is 26.8. The van der Waals surface area contributed by atoms with Gasteiger partial charge in [-0.15, -0.1) is 0 Å². The van der Waals surface area contributed by atoms with Crippen LogP contribution < -0.4 is 10.9 Å². The lowest BCUT2D eigenvalue weighted by Crippen LogP contribution is -2.42. The van der Waals surface area contributed by atoms with Crippen LogP contribution in [0.4, 0.5) is 0 Å². The van der Waals surface area contributed by atoms with Gasteiger partial charge in [-0.25, -0.2) is 0 Å². The summed E-state index contributed by atoms with van der Waals surface area (Å²) < 4.78 is 0. The van der Waals surface area contributed by atoms with Gasteiger partial charge >= 0.3 is 0 Å². The number of rotatable bonds is 5. The molecule has 1 atom stereocenters. The Labute approximate surface area is 236 Å². The predicted molar refractivity (Wildman–Crippen MR) is 155 cm³/mol. The molecule has 2 heterocycles. The molecule has 2 aromatic carbocycles. The Kier molecular flexibility index (Phi) is 8.15. The van der Waals surface area contributed by atoms with Crippen LogP contribution in [0.2, 0.25) is 10.0 Å². The Balaban J connectivity index is 1.28. The highest BCUT2D eigenvalue weighted by molar-refractivity contribution is 6.37. The molecule has 2 aliphatic rings. The molecular weight excluding hydrogens is 515 g/mol. The molecule has 4 radical (unpaired) electrons. The highest BCUT2D eigenvalue weighted by Crippen LogP contribution is 2.41. The highest BCUT2D eigenvalue weighted by atomic mass is 35.5. The Morgan fingerprint density at radius 3 is 2.50 bits per heavy atom. The van der Waals surface area contributed by atoms with Crippen LogP contribution in [0.25, 0.3) is 0 Å². The van der Waals surface area contributed by atoms with Crippen LogP contribution in [0.15, 0.2) is 53.8 Å². The summed E-state index contributed by atoms with van der Waals surface area (Å²) in [6, 6.07) is 13.2. The molecule has 3 aromatic rings. The van der Waals surface area contributed by atoms with Crippen LogP contribution in [-0.4, -0.2) is 56.9 Å². The SMILES string of the molecule is [B]c1cnc2c(c1)CCc1cc(Cl)cc([B])c1[C@H]2C1CCN(C(=O)CO/N=C(\C)c2ccc(Cl)cc2)CC1. The summed E-state index contributed by atoms with van der Waals surface area (Å²) in [6.45, 7) is 3.01. The lowest BCUT2D eigenvalue weighted by Gasteiger charge is -2.37. The summed E-state index contributed by atoms with van der Waals surface area (Å²) in [5.41, 5.74) is 7.41. The van der Waals surface area contributed by atoms with E-state index in [0.717, 1.165) is 53.6 Å². The zero-order valence-electron chi connectivity index (χ0n) is 21.3. The maximum atomic E-state index is 12.9. The highest BCUT2D eigenvalue weighted by Gasteiger charge is 2.35. The van der Waals surface area contributed by atoms with Crippen molar-refractivity contribution in [3.05, 3.63) is 86.7 Å². The van der Waals surface area contributed by atoms with E-state index in [9.17, 15) is 4.79 Å². The number of fused-ring (bicyclic) bond motifs is 2. The molecule has 1 saturated heterocycles. The second-order valence-electron chi connectivity index (χ2n) is 10.0. The molecule has 0 bridgehead atoms. The molecule has 1 amide bonds. The number of aryl methyl sites for hydroxylation is 2. The van der Waals surface area contributed by atoms with Crippen molar-refractivity contribution in [2.24, 2.45) is 11.1 Å². The van der Waals surface area contributed by atoms with Gasteiger partial charge in [-0.1, -0.05) is 63.5 Å². The van der Waals surface area contributed by atoms with E-state index in [-0.39, 0.29) is 24.3 Å². The van der Waals surface area contributed by atoms with Gasteiger partial charge in [0.15, 0.2) is 6.61 Å². The number of hydrogen-bond donors (Lipinski definition) is 0. The molecule has 190 valence electrons. The predicted octanol–water partition coefficient (Wildman–Crippen LogP) is 3.89. The Morgan fingerprint density at radius 2 is 1.76 bits per heavy atom. The van der Waals surface area contributed by atoms with Gasteiger partial charge in [0.2, 0.25) is 0 Å². The van der Waals surface area contributed by atoms with Crippen molar-refractivity contribution in [1.82, 2.24) is 9.88 Å². The fraction of sp³-hybridized carbons (Fsp3) is 0.345. The summed E-state index contributed by atoms with van der Waals surface area (Å²) in [7, 11) is 12.6. The molecule has 0 unspecified atom stereocenters. The number of benzene rings is 2. The van der Waals surface area contributed by atoms with Gasteiger partial charge in [-0.05, 0) is 79.0 Å². The number of aromatic nitrogens is 1. The molecular formula is C29H27B2Cl2N3O2. The molecule has 9 heteroatoms. The monoisotopic (exact) mass is 541 g/mol. The smallest absolute Gasteiger partial charge is 0.263 e. The third-order valence-corrected chi connectivity index (χ3v) is 8.04. The van der Waals surface area contributed by atoms with Gasteiger partial charge in [-0.3, -0.25) is 9.78 Å². The Morgan fingerprint density at radius 1 is 1.05 bits per heavy atom. The topological polar surface area (TPSA) is 54.8 Å². The lowest BCUT2D eigenvalue weighted by molar-refractivity contribution is -0.137. The fourth-order valence-corrected chi connectivity index (χ4v) is 6.05. The molecule has 1 aliphatic heterocycles. The lowest BCUT2D eigenvalue weighted by atomic mass is 9.72. The molecule has 38 heavy (non-hydrogen) atoms. The number of nitrogens with zero attached hydrogens (tertiary/aromatic N) is 3. The molecule has 0 saturated carbocycles. The normalized spacial score (nSPS) is 17.9. The summed E-state index contributed by atoms with van der Waals surface area (Å²) in [4.78, 5) is 24.9. The number of halogens is 2. The van der Waals surface area contributed by atoms with E-state index in [1.54, 1.807) is 18.3 Å². The Hall–Kier alpha value is -2.76. The van der Waals surface area contributed by atoms with Crippen molar-refractivity contribution in [3.8, 4) is 0 Å². The van der Waals surface area contributed by atoms with Gasteiger partial charge in [0.1, 0.15) is 15.7 Å². The van der Waals surface area contributed by atoms with E-state index in [2.05, 4.69) is 5.16 Å². The first-order valence-electron chi connectivity index (χ1n) is 12.8. The van der Waals surface area contributed by atoms with Crippen LogP contribution in [0, 0.1) is 5.92 Å². The number of amides is 1. The maximum Gasteiger partial charge on any atom is 0.263 e. The van der Waals surface area contributed by atoms with Crippen molar-refractivity contribution < 1.29 is 9.63 Å². The zero-order chi connectivity index (χ0) is 26.8. The zero-order valence-corrected chi connectivity index (χ0v) is 22.8. The van der Waals surface area contributed by atoms with Gasteiger partial charge < -0.3 is 9.74 Å². The number of carbonyl (C=O) groups is 1. The van der Waals surface area contributed by atoms with Crippen molar-refractivity contribution >= 4 is 61.4 Å². The van der Waals surface area contributed by atoms with Gasteiger partial charge in [0.05, 0.1) is 11.4 Å². The van der Waals surface area contributed by atoms with E-state index >= 15 is 0 Å². The Bertz CT molecular complexity index is 1370. The van der Waals surface area contributed by atoms with Crippen molar-refractivity contribution in [1.29, 1.82) is 0 Å². The number of pyridine rings is 1. The molecule has 5 rings (SSSR count). The van der Waals surface area contributed by atoms with Gasteiger partial charge in [0, 0.05) is 35.2 Å². The average molecular weight is 542 g/mol. The minimum atomic E-state index is -0.100. The number of carbonyl (C=O) groups excluding carboxylic acids is 1. The maximum absolute atomic E-state index is 12.9. The quantitative estimate of drug-likeness (QED) is 0.280. The van der Waals surface area contributed by atoms with E-state index in [1.165, 1.54) is 0 Å². The van der Waals surface area contributed by atoms with Crippen LogP contribution in [-0.2, 0) is 22.5 Å². The standard InChI is InChI=1S/C29H27B2Cl2N3O2/c1-17(18-4-6-23(32)7-5-18)35-38-16-26(37)36-10-8-19(9-11-36)28-27-20(13-24(33)14-25(27)31)2-3-21-12-22(30)15-34-29(21)28/h4-7,12-15,19,28H,2-3,8-11,16H2,1H3/b35-17+/t28-/m1/s1. The minimum Gasteiger partial charge on any atom is -0.385 e. The summed E-state index contributed by atoms with van der Waals surface area (Å²) in [6.07, 6.45) is 5.05. The third-order valence-electron chi connectivity index (χ3n) is 7.57.